The maximum Gasteiger partial charge on any atom is 0.126 e. The average Bonchev–Trinajstić information content (AvgIpc) is 2.94. The van der Waals surface area contributed by atoms with Crippen LogP contribution in [-0.2, 0) is 11.2 Å². The molecule has 0 radical (unpaired) electrons. The quantitative estimate of drug-likeness (QED) is 0.666. The monoisotopic (exact) mass is 368 g/mol. The van der Waals surface area contributed by atoms with Crippen molar-refractivity contribution in [3.63, 3.8) is 0 Å². The minimum atomic E-state index is -0.562. The molecule has 0 aliphatic heterocycles. The van der Waals surface area contributed by atoms with Gasteiger partial charge < -0.3 is 14.9 Å². The number of benzene rings is 1. The van der Waals surface area contributed by atoms with E-state index in [2.05, 4.69) is 12.2 Å². The van der Waals surface area contributed by atoms with E-state index < -0.39 is 5.60 Å². The van der Waals surface area contributed by atoms with E-state index in [1.807, 2.05) is 26.0 Å². The lowest BCUT2D eigenvalue weighted by Crippen LogP contribution is -2.29. The molecule has 1 aromatic rings. The van der Waals surface area contributed by atoms with Gasteiger partial charge in [0.15, 0.2) is 0 Å². The van der Waals surface area contributed by atoms with Gasteiger partial charge in [0, 0.05) is 6.42 Å². The normalized spacial score (nSPS) is 18.6. The van der Waals surface area contributed by atoms with Crippen LogP contribution in [0.1, 0.15) is 64.4 Å². The molecule has 3 heteroatoms. The number of ether oxygens (including phenoxy) is 1. The fraction of sp³-hybridized carbons (Fsp3) is 0.500. The van der Waals surface area contributed by atoms with Gasteiger partial charge in [-0.2, -0.15) is 0 Å². The van der Waals surface area contributed by atoms with Crippen LogP contribution in [-0.4, -0.2) is 22.4 Å². The van der Waals surface area contributed by atoms with E-state index in [0.717, 1.165) is 18.6 Å². The SMILES string of the molecule is CC(C)(CO)OC1=CC=C(Cc2ccc(O)cc2)C(=C2CCCCCC2)C1. The Balaban J connectivity index is 1.89. The van der Waals surface area contributed by atoms with Crippen molar-refractivity contribution in [2.45, 2.75) is 70.8 Å². The van der Waals surface area contributed by atoms with E-state index in [0.29, 0.717) is 5.75 Å². The summed E-state index contributed by atoms with van der Waals surface area (Å²) < 4.78 is 6.09. The number of aliphatic hydroxyl groups excluding tert-OH is 1. The molecule has 2 N–H and O–H groups in total. The number of rotatable bonds is 5. The van der Waals surface area contributed by atoms with Gasteiger partial charge >= 0.3 is 0 Å². The van der Waals surface area contributed by atoms with Gasteiger partial charge in [-0.05, 0) is 80.9 Å². The summed E-state index contributed by atoms with van der Waals surface area (Å²) >= 11 is 0. The van der Waals surface area contributed by atoms with Crippen molar-refractivity contribution in [3.05, 3.63) is 64.5 Å². The highest BCUT2D eigenvalue weighted by atomic mass is 16.5. The summed E-state index contributed by atoms with van der Waals surface area (Å²) in [6, 6.07) is 7.50. The van der Waals surface area contributed by atoms with Crippen molar-refractivity contribution < 1.29 is 14.9 Å². The van der Waals surface area contributed by atoms with Crippen LogP contribution in [0.4, 0.5) is 0 Å². The molecule has 2 aliphatic carbocycles. The maximum atomic E-state index is 9.55. The molecule has 0 aromatic heterocycles. The lowest BCUT2D eigenvalue weighted by Gasteiger charge is -2.29. The number of phenolic OH excluding ortho intramolecular Hbond substituents is 1. The summed E-state index contributed by atoms with van der Waals surface area (Å²) in [6.07, 6.45) is 13.5. The van der Waals surface area contributed by atoms with Gasteiger partial charge in [0.2, 0.25) is 0 Å². The summed E-state index contributed by atoms with van der Waals surface area (Å²) in [6.45, 7) is 3.84. The summed E-state index contributed by atoms with van der Waals surface area (Å²) in [5.41, 5.74) is 5.00. The fourth-order valence-corrected chi connectivity index (χ4v) is 3.91. The van der Waals surface area contributed by atoms with Gasteiger partial charge in [-0.25, -0.2) is 0 Å². The molecule has 146 valence electrons. The second kappa shape index (κ2) is 8.79. The molecule has 0 spiro atoms. The highest BCUT2D eigenvalue weighted by molar-refractivity contribution is 5.47. The molecule has 0 saturated heterocycles. The number of hydrogen-bond acceptors (Lipinski definition) is 3. The van der Waals surface area contributed by atoms with E-state index in [-0.39, 0.29) is 6.61 Å². The first-order valence-electron chi connectivity index (χ1n) is 10.2. The molecule has 1 saturated carbocycles. The largest absolute Gasteiger partial charge is 0.508 e. The molecule has 2 aliphatic rings. The second-order valence-electron chi connectivity index (χ2n) is 8.36. The molecular weight excluding hydrogens is 336 g/mol. The van der Waals surface area contributed by atoms with E-state index >= 15 is 0 Å². The topological polar surface area (TPSA) is 49.7 Å². The third kappa shape index (κ3) is 5.49. The molecule has 1 fully saturated rings. The van der Waals surface area contributed by atoms with E-state index in [1.165, 1.54) is 55.2 Å². The van der Waals surface area contributed by atoms with Gasteiger partial charge in [0.05, 0.1) is 6.61 Å². The van der Waals surface area contributed by atoms with Crippen molar-refractivity contribution in [1.29, 1.82) is 0 Å². The number of aliphatic hydroxyl groups is 1. The minimum Gasteiger partial charge on any atom is -0.508 e. The molecule has 3 rings (SSSR count). The van der Waals surface area contributed by atoms with E-state index in [9.17, 15) is 10.2 Å². The summed E-state index contributed by atoms with van der Waals surface area (Å²) in [5, 5.41) is 19.1. The van der Waals surface area contributed by atoms with Gasteiger partial charge in [-0.3, -0.25) is 0 Å². The predicted molar refractivity (Wildman–Crippen MR) is 110 cm³/mol. The highest BCUT2D eigenvalue weighted by Gasteiger charge is 2.24. The minimum absolute atomic E-state index is 0.000322. The van der Waals surface area contributed by atoms with Crippen molar-refractivity contribution >= 4 is 0 Å². The Bertz CT molecular complexity index is 725. The lowest BCUT2D eigenvalue weighted by atomic mass is 9.86. The Morgan fingerprint density at radius 3 is 2.26 bits per heavy atom. The summed E-state index contributed by atoms with van der Waals surface area (Å²) in [4.78, 5) is 0. The number of aromatic hydroxyl groups is 1. The lowest BCUT2D eigenvalue weighted by molar-refractivity contribution is -0.0151. The zero-order valence-electron chi connectivity index (χ0n) is 16.6. The Morgan fingerprint density at radius 1 is 0.963 bits per heavy atom. The Kier molecular flexibility index (Phi) is 6.43. The van der Waals surface area contributed by atoms with Crippen LogP contribution >= 0.6 is 0 Å². The molecule has 0 atom stereocenters. The first-order valence-corrected chi connectivity index (χ1v) is 10.2. The molecular formula is C24H32O3. The van der Waals surface area contributed by atoms with Crippen LogP contribution in [0.15, 0.2) is 58.9 Å². The van der Waals surface area contributed by atoms with Crippen molar-refractivity contribution in [2.75, 3.05) is 6.61 Å². The van der Waals surface area contributed by atoms with Gasteiger partial charge in [0.1, 0.15) is 17.1 Å². The number of allylic oxidation sites excluding steroid dienone is 5. The number of phenols is 1. The van der Waals surface area contributed by atoms with Crippen LogP contribution in [0.3, 0.4) is 0 Å². The van der Waals surface area contributed by atoms with Crippen molar-refractivity contribution in [3.8, 4) is 5.75 Å². The zero-order chi connectivity index (χ0) is 19.3. The molecule has 0 heterocycles. The van der Waals surface area contributed by atoms with Crippen molar-refractivity contribution in [1.82, 2.24) is 0 Å². The Hall–Kier alpha value is -2.00. The fourth-order valence-electron chi connectivity index (χ4n) is 3.91. The van der Waals surface area contributed by atoms with Gasteiger partial charge in [-0.15, -0.1) is 0 Å². The number of hydrogen-bond donors (Lipinski definition) is 2. The van der Waals surface area contributed by atoms with Gasteiger partial charge in [-0.1, -0.05) is 36.6 Å². The van der Waals surface area contributed by atoms with Crippen LogP contribution in [0.5, 0.6) is 5.75 Å². The van der Waals surface area contributed by atoms with Crippen LogP contribution in [0.25, 0.3) is 0 Å². The average molecular weight is 369 g/mol. The standard InChI is InChI=1S/C24H32O3/c1-24(2,17-25)27-22-14-11-20(15-18-9-12-21(26)13-10-18)23(16-22)19-7-5-3-4-6-8-19/h9-14,25-26H,3-8,15-17H2,1-2H3. The van der Waals surface area contributed by atoms with E-state index in [1.54, 1.807) is 17.7 Å². The molecule has 0 bridgehead atoms. The third-order valence-electron chi connectivity index (χ3n) is 5.46. The van der Waals surface area contributed by atoms with Crippen LogP contribution in [0.2, 0.25) is 0 Å². The highest BCUT2D eigenvalue weighted by Crippen LogP contribution is 2.36. The molecule has 3 nitrogen and oxygen atoms in total. The second-order valence-corrected chi connectivity index (χ2v) is 8.36. The molecule has 0 unspecified atom stereocenters. The van der Waals surface area contributed by atoms with Crippen molar-refractivity contribution in [2.24, 2.45) is 0 Å². The van der Waals surface area contributed by atoms with E-state index in [4.69, 9.17) is 4.74 Å². The Morgan fingerprint density at radius 2 is 1.63 bits per heavy atom. The first-order chi connectivity index (χ1) is 13.0. The van der Waals surface area contributed by atoms with Crippen LogP contribution in [0, 0.1) is 0 Å². The summed E-state index contributed by atoms with van der Waals surface area (Å²) in [5.74, 6) is 1.25. The Labute approximate surface area is 163 Å². The smallest absolute Gasteiger partial charge is 0.126 e. The molecule has 0 amide bonds. The molecule has 27 heavy (non-hydrogen) atoms. The first kappa shape index (κ1) is 19.8. The molecule has 1 aromatic carbocycles. The zero-order valence-corrected chi connectivity index (χ0v) is 16.6. The third-order valence-corrected chi connectivity index (χ3v) is 5.46. The van der Waals surface area contributed by atoms with Crippen LogP contribution < -0.4 is 0 Å². The summed E-state index contributed by atoms with van der Waals surface area (Å²) in [7, 11) is 0. The maximum absolute atomic E-state index is 9.55. The van der Waals surface area contributed by atoms with Gasteiger partial charge in [0.25, 0.3) is 0 Å². The predicted octanol–water partition coefficient (Wildman–Crippen LogP) is 5.59.